The Bertz CT molecular complexity index is 523. The summed E-state index contributed by atoms with van der Waals surface area (Å²) in [4.78, 5) is 16.6. The van der Waals surface area contributed by atoms with Crippen LogP contribution in [0.1, 0.15) is 23.2 Å². The second kappa shape index (κ2) is 6.20. The second-order valence-corrected chi connectivity index (χ2v) is 6.07. The van der Waals surface area contributed by atoms with E-state index >= 15 is 0 Å². The monoisotopic (exact) mass is 294 g/mol. The molecule has 114 valence electrons. The Morgan fingerprint density at radius 1 is 1.10 bits per heavy atom. The van der Waals surface area contributed by atoms with Gasteiger partial charge in [-0.3, -0.25) is 9.69 Å². The van der Waals surface area contributed by atoms with Crippen molar-refractivity contribution in [3.8, 4) is 0 Å². The summed E-state index contributed by atoms with van der Waals surface area (Å²) < 4.78 is 26.4. The number of rotatable bonds is 5. The summed E-state index contributed by atoms with van der Waals surface area (Å²) in [7, 11) is 0. The van der Waals surface area contributed by atoms with Crippen LogP contribution in [0.5, 0.6) is 0 Å². The smallest absolute Gasteiger partial charge is 0.179 e. The standard InChI is InChI=1S/C16H20F2N2O/c17-13-3-4-14(15(18)9-13)16(21)11-20-7-5-19(6-8-20)10-12-1-2-12/h3-4,9,12H,1-2,5-8,10-11H2. The quantitative estimate of drug-likeness (QED) is 0.778. The fourth-order valence-electron chi connectivity index (χ4n) is 2.80. The molecule has 0 spiro atoms. The molecule has 2 fully saturated rings. The molecule has 1 saturated heterocycles. The first-order valence-electron chi connectivity index (χ1n) is 7.55. The largest absolute Gasteiger partial charge is 0.301 e. The van der Waals surface area contributed by atoms with Crippen LogP contribution in [0.15, 0.2) is 18.2 Å². The molecule has 1 aliphatic heterocycles. The lowest BCUT2D eigenvalue weighted by atomic mass is 10.1. The van der Waals surface area contributed by atoms with Gasteiger partial charge in [-0.2, -0.15) is 0 Å². The number of carbonyl (C=O) groups is 1. The van der Waals surface area contributed by atoms with Gasteiger partial charge in [0.2, 0.25) is 0 Å². The fraction of sp³-hybridized carbons (Fsp3) is 0.562. The van der Waals surface area contributed by atoms with Crippen molar-refractivity contribution < 1.29 is 13.6 Å². The van der Waals surface area contributed by atoms with E-state index in [1.54, 1.807) is 0 Å². The van der Waals surface area contributed by atoms with E-state index < -0.39 is 11.6 Å². The third-order valence-electron chi connectivity index (χ3n) is 4.28. The number of halogens is 2. The van der Waals surface area contributed by atoms with Crippen LogP contribution < -0.4 is 0 Å². The molecule has 5 heteroatoms. The summed E-state index contributed by atoms with van der Waals surface area (Å²) in [5.41, 5.74) is -0.0168. The maximum absolute atomic E-state index is 13.6. The van der Waals surface area contributed by atoms with Crippen LogP contribution in [0.2, 0.25) is 0 Å². The Morgan fingerprint density at radius 2 is 1.76 bits per heavy atom. The van der Waals surface area contributed by atoms with Crippen molar-refractivity contribution in [2.24, 2.45) is 5.92 Å². The SMILES string of the molecule is O=C(CN1CCN(CC2CC2)CC1)c1ccc(F)cc1F. The lowest BCUT2D eigenvalue weighted by molar-refractivity contribution is 0.0843. The zero-order valence-electron chi connectivity index (χ0n) is 12.0. The van der Waals surface area contributed by atoms with E-state index in [4.69, 9.17) is 0 Å². The first-order chi connectivity index (χ1) is 10.1. The molecule has 0 bridgehead atoms. The highest BCUT2D eigenvalue weighted by Crippen LogP contribution is 2.29. The number of piperazine rings is 1. The van der Waals surface area contributed by atoms with Gasteiger partial charge in [0.05, 0.1) is 12.1 Å². The molecule has 1 aliphatic carbocycles. The molecule has 0 N–H and O–H groups in total. The summed E-state index contributed by atoms with van der Waals surface area (Å²) in [5.74, 6) is -0.820. The van der Waals surface area contributed by atoms with Gasteiger partial charge in [-0.1, -0.05) is 0 Å². The van der Waals surface area contributed by atoms with Gasteiger partial charge in [0.1, 0.15) is 11.6 Å². The van der Waals surface area contributed by atoms with Gasteiger partial charge >= 0.3 is 0 Å². The van der Waals surface area contributed by atoms with Gasteiger partial charge in [-0.25, -0.2) is 8.78 Å². The van der Waals surface area contributed by atoms with Crippen molar-refractivity contribution in [3.05, 3.63) is 35.4 Å². The first-order valence-corrected chi connectivity index (χ1v) is 7.55. The predicted octanol–water partition coefficient (Wildman–Crippen LogP) is 2.18. The van der Waals surface area contributed by atoms with Crippen molar-refractivity contribution in [1.29, 1.82) is 0 Å². The zero-order chi connectivity index (χ0) is 14.8. The summed E-state index contributed by atoms with van der Waals surface area (Å²) in [6.07, 6.45) is 2.70. The molecule has 0 unspecified atom stereocenters. The Hall–Kier alpha value is -1.33. The molecule has 0 aromatic heterocycles. The average molecular weight is 294 g/mol. The molecule has 1 heterocycles. The number of nitrogens with zero attached hydrogens (tertiary/aromatic N) is 2. The first kappa shape index (κ1) is 14.6. The third-order valence-corrected chi connectivity index (χ3v) is 4.28. The summed E-state index contributed by atoms with van der Waals surface area (Å²) in [6.45, 7) is 4.99. The van der Waals surface area contributed by atoms with Crippen molar-refractivity contribution in [2.75, 3.05) is 39.3 Å². The molecule has 0 atom stereocenters. The molecule has 3 rings (SSSR count). The Kier molecular flexibility index (Phi) is 4.31. The maximum Gasteiger partial charge on any atom is 0.179 e. The zero-order valence-corrected chi connectivity index (χ0v) is 12.0. The lowest BCUT2D eigenvalue weighted by Crippen LogP contribution is -2.48. The third kappa shape index (κ3) is 3.86. The Labute approximate surface area is 123 Å². The van der Waals surface area contributed by atoms with Crippen LogP contribution in [-0.4, -0.2) is 54.9 Å². The number of hydrogen-bond acceptors (Lipinski definition) is 3. The van der Waals surface area contributed by atoms with Gasteiger partial charge in [-0.05, 0) is 30.9 Å². The molecule has 0 radical (unpaired) electrons. The van der Waals surface area contributed by atoms with E-state index in [1.807, 2.05) is 0 Å². The highest BCUT2D eigenvalue weighted by atomic mass is 19.1. The maximum atomic E-state index is 13.6. The molecule has 3 nitrogen and oxygen atoms in total. The van der Waals surface area contributed by atoms with Crippen LogP contribution in [0.4, 0.5) is 8.78 Å². The minimum atomic E-state index is -0.771. The molecule has 21 heavy (non-hydrogen) atoms. The summed E-state index contributed by atoms with van der Waals surface area (Å²) in [5, 5.41) is 0. The molecule has 0 amide bonds. The van der Waals surface area contributed by atoms with Crippen molar-refractivity contribution in [2.45, 2.75) is 12.8 Å². The van der Waals surface area contributed by atoms with E-state index in [0.29, 0.717) is 0 Å². The van der Waals surface area contributed by atoms with Gasteiger partial charge in [0, 0.05) is 38.8 Å². The molecule has 2 aliphatic rings. The van der Waals surface area contributed by atoms with E-state index in [9.17, 15) is 13.6 Å². The van der Waals surface area contributed by atoms with E-state index in [1.165, 1.54) is 25.5 Å². The van der Waals surface area contributed by atoms with E-state index in [2.05, 4.69) is 9.80 Å². The highest BCUT2D eigenvalue weighted by Gasteiger charge is 2.27. The topological polar surface area (TPSA) is 23.6 Å². The van der Waals surface area contributed by atoms with Gasteiger partial charge < -0.3 is 4.90 Å². The van der Waals surface area contributed by atoms with Crippen LogP contribution >= 0.6 is 0 Å². The van der Waals surface area contributed by atoms with Crippen molar-refractivity contribution in [1.82, 2.24) is 9.80 Å². The molecule has 1 saturated carbocycles. The van der Waals surface area contributed by atoms with Crippen molar-refractivity contribution in [3.63, 3.8) is 0 Å². The average Bonchev–Trinajstić information content (AvgIpc) is 3.25. The minimum absolute atomic E-state index is 0.0168. The van der Waals surface area contributed by atoms with Crippen LogP contribution in [0.25, 0.3) is 0 Å². The van der Waals surface area contributed by atoms with E-state index in [0.717, 1.165) is 44.2 Å². The van der Waals surface area contributed by atoms with Crippen LogP contribution in [-0.2, 0) is 0 Å². The van der Waals surface area contributed by atoms with Crippen LogP contribution in [0, 0.1) is 17.6 Å². The predicted molar refractivity (Wildman–Crippen MR) is 76.3 cm³/mol. The fourth-order valence-corrected chi connectivity index (χ4v) is 2.80. The number of benzene rings is 1. The molecular formula is C16H20F2N2O. The minimum Gasteiger partial charge on any atom is -0.301 e. The van der Waals surface area contributed by atoms with Gasteiger partial charge in [0.25, 0.3) is 0 Å². The normalized spacial score (nSPS) is 20.7. The van der Waals surface area contributed by atoms with Gasteiger partial charge in [0.15, 0.2) is 5.78 Å². The Balaban J connectivity index is 1.51. The summed E-state index contributed by atoms with van der Waals surface area (Å²) >= 11 is 0. The second-order valence-electron chi connectivity index (χ2n) is 6.07. The number of ketones is 1. The molecule has 1 aromatic rings. The lowest BCUT2D eigenvalue weighted by Gasteiger charge is -2.34. The highest BCUT2D eigenvalue weighted by molar-refractivity contribution is 5.97. The van der Waals surface area contributed by atoms with Crippen molar-refractivity contribution >= 4 is 5.78 Å². The number of Topliss-reactive ketones (excluding diaryl/α,β-unsaturated/α-hetero) is 1. The number of carbonyl (C=O) groups excluding carboxylic acids is 1. The summed E-state index contributed by atoms with van der Waals surface area (Å²) in [6, 6.07) is 3.13. The number of hydrogen-bond donors (Lipinski definition) is 0. The van der Waals surface area contributed by atoms with Gasteiger partial charge in [-0.15, -0.1) is 0 Å². The molecular weight excluding hydrogens is 274 g/mol. The van der Waals surface area contributed by atoms with Crippen LogP contribution in [0.3, 0.4) is 0 Å². The van der Waals surface area contributed by atoms with E-state index in [-0.39, 0.29) is 17.9 Å². The molecule has 1 aromatic carbocycles. The Morgan fingerprint density at radius 3 is 2.38 bits per heavy atom.